The molecule has 1 atom stereocenters. The predicted octanol–water partition coefficient (Wildman–Crippen LogP) is 8.66. The molecule has 1 heterocycles. The average Bonchev–Trinajstić information content (AvgIpc) is 3.38. The van der Waals surface area contributed by atoms with Crippen molar-refractivity contribution in [2.75, 3.05) is 102 Å². The van der Waals surface area contributed by atoms with Gasteiger partial charge in [0.05, 0.1) is 65.5 Å². The minimum atomic E-state index is -0.823. The van der Waals surface area contributed by atoms with Crippen LogP contribution < -0.4 is 44.7 Å². The minimum Gasteiger partial charge on any atom is -0.493 e. The zero-order valence-corrected chi connectivity index (χ0v) is 42.9. The molecule has 73 heavy (non-hydrogen) atoms. The Morgan fingerprint density at radius 2 is 1.37 bits per heavy atom. The van der Waals surface area contributed by atoms with Crippen molar-refractivity contribution in [3.05, 3.63) is 119 Å². The molecule has 0 bridgehead atoms. The number of hydrogen-bond donors (Lipinski definition) is 3. The Balaban J connectivity index is 1.39. The van der Waals surface area contributed by atoms with Crippen LogP contribution >= 0.6 is 0 Å². The van der Waals surface area contributed by atoms with Crippen molar-refractivity contribution in [1.82, 2.24) is 5.32 Å². The van der Waals surface area contributed by atoms with Crippen molar-refractivity contribution in [3.63, 3.8) is 0 Å². The second kappa shape index (κ2) is 26.8. The lowest BCUT2D eigenvalue weighted by Gasteiger charge is -2.32. The fraction of sp³-hybridized carbons (Fsp3) is 0.382. The molecule has 18 nitrogen and oxygen atoms in total. The first-order chi connectivity index (χ1) is 35.3. The second-order valence-electron chi connectivity index (χ2n) is 17.9. The summed E-state index contributed by atoms with van der Waals surface area (Å²) in [6.07, 6.45) is 0.572. The van der Waals surface area contributed by atoms with E-state index in [1.807, 2.05) is 79.8 Å². The third kappa shape index (κ3) is 15.2. The van der Waals surface area contributed by atoms with E-state index in [4.69, 9.17) is 42.6 Å². The third-order valence-electron chi connectivity index (χ3n) is 11.6. The number of carbonyl (C=O) groups excluding carboxylic acids is 4. The molecule has 0 radical (unpaired) electrons. The molecule has 3 N–H and O–H groups in total. The highest BCUT2D eigenvalue weighted by Crippen LogP contribution is 2.44. The van der Waals surface area contributed by atoms with Gasteiger partial charge in [0.2, 0.25) is 6.41 Å². The normalized spacial score (nSPS) is 13.0. The van der Waals surface area contributed by atoms with E-state index in [0.29, 0.717) is 102 Å². The summed E-state index contributed by atoms with van der Waals surface area (Å²) in [5.74, 6) is 1.41. The molecule has 1 aliphatic rings. The van der Waals surface area contributed by atoms with Gasteiger partial charge in [-0.25, -0.2) is 9.59 Å². The van der Waals surface area contributed by atoms with Gasteiger partial charge in [0.25, 0.3) is 0 Å². The molecule has 0 fully saturated rings. The van der Waals surface area contributed by atoms with Crippen LogP contribution in [-0.4, -0.2) is 118 Å². The number of hydrogen-bond acceptors (Lipinski definition) is 15. The van der Waals surface area contributed by atoms with Crippen LogP contribution in [0.3, 0.4) is 0 Å². The Kier molecular flexibility index (Phi) is 20.1. The van der Waals surface area contributed by atoms with Crippen LogP contribution in [0.1, 0.15) is 53.4 Å². The van der Waals surface area contributed by atoms with Gasteiger partial charge in [-0.1, -0.05) is 36.4 Å². The first-order valence-electron chi connectivity index (χ1n) is 23.9. The number of nitrogens with one attached hydrogen (secondary N) is 3. The van der Waals surface area contributed by atoms with Crippen molar-refractivity contribution >= 4 is 47.6 Å². The monoisotopic (exact) mass is 1010 g/mol. The third-order valence-corrected chi connectivity index (χ3v) is 11.6. The molecule has 390 valence electrons. The molecule has 0 saturated heterocycles. The van der Waals surface area contributed by atoms with Gasteiger partial charge >= 0.3 is 12.2 Å². The number of fused-ring (bicyclic) bond motifs is 3. The van der Waals surface area contributed by atoms with Gasteiger partial charge in [-0.05, 0) is 97.5 Å². The number of methoxy groups -OCH3 is 3. The van der Waals surface area contributed by atoms with Gasteiger partial charge in [0.15, 0.2) is 29.3 Å². The van der Waals surface area contributed by atoms with Gasteiger partial charge in [-0.15, -0.1) is 0 Å². The molecule has 5 aromatic carbocycles. The maximum atomic E-state index is 14.3. The number of nitrogens with zero attached hydrogens (tertiary/aromatic N) is 2. The lowest BCUT2D eigenvalue weighted by molar-refractivity contribution is -0.110. The number of aldehydes is 1. The van der Waals surface area contributed by atoms with Gasteiger partial charge < -0.3 is 58.6 Å². The van der Waals surface area contributed by atoms with Crippen molar-refractivity contribution in [1.29, 1.82) is 0 Å². The molecule has 1 aliphatic heterocycles. The SMILES string of the molecule is CNc1ccc(COC(=O)N2CC(NC=O)Cc3ccccc3-c3cc(OC)c(OCc4cc(COc5cc(NC)c(C=O)cc5OC)cc(N(CCOCCOCCOC)C(=O)OC(C)(C)C)c4)cc32)cc1. The second-order valence-corrected chi connectivity index (χ2v) is 17.9. The number of ether oxygens (including phenoxy) is 9. The highest BCUT2D eigenvalue weighted by Gasteiger charge is 2.31. The Morgan fingerprint density at radius 3 is 2.00 bits per heavy atom. The molecule has 0 aromatic heterocycles. The molecular weight excluding hydrogens is 939 g/mol. The van der Waals surface area contributed by atoms with E-state index in [2.05, 4.69) is 16.0 Å². The summed E-state index contributed by atoms with van der Waals surface area (Å²) in [5, 5.41) is 9.02. The maximum Gasteiger partial charge on any atom is 0.414 e. The minimum absolute atomic E-state index is 0.00213. The zero-order valence-electron chi connectivity index (χ0n) is 42.9. The van der Waals surface area contributed by atoms with Crippen molar-refractivity contribution in [3.8, 4) is 34.1 Å². The summed E-state index contributed by atoms with van der Waals surface area (Å²) in [6.45, 7) is 7.22. The maximum absolute atomic E-state index is 14.3. The summed E-state index contributed by atoms with van der Waals surface area (Å²) in [6, 6.07) is 27.3. The Bertz CT molecular complexity index is 2640. The van der Waals surface area contributed by atoms with E-state index in [1.54, 1.807) is 53.1 Å². The fourth-order valence-corrected chi connectivity index (χ4v) is 8.05. The van der Waals surface area contributed by atoms with Crippen LogP contribution in [0.5, 0.6) is 23.0 Å². The predicted molar refractivity (Wildman–Crippen MR) is 279 cm³/mol. The van der Waals surface area contributed by atoms with E-state index >= 15 is 0 Å². The van der Waals surface area contributed by atoms with E-state index in [-0.39, 0.29) is 39.5 Å². The van der Waals surface area contributed by atoms with Gasteiger partial charge in [-0.3, -0.25) is 19.4 Å². The highest BCUT2D eigenvalue weighted by molar-refractivity contribution is 5.96. The summed E-state index contributed by atoms with van der Waals surface area (Å²) < 4.78 is 53.0. The molecule has 6 rings (SSSR count). The van der Waals surface area contributed by atoms with Crippen LogP contribution in [0.25, 0.3) is 11.1 Å². The summed E-state index contributed by atoms with van der Waals surface area (Å²) in [7, 11) is 8.16. The fourth-order valence-electron chi connectivity index (χ4n) is 8.05. The number of anilines is 4. The van der Waals surface area contributed by atoms with Crippen LogP contribution in [0.2, 0.25) is 0 Å². The van der Waals surface area contributed by atoms with Gasteiger partial charge in [0.1, 0.15) is 25.4 Å². The highest BCUT2D eigenvalue weighted by atomic mass is 16.6. The van der Waals surface area contributed by atoms with E-state index < -0.39 is 23.8 Å². The molecule has 5 aromatic rings. The Hall–Kier alpha value is -7.54. The molecule has 18 heteroatoms. The number of benzene rings is 5. The number of rotatable bonds is 25. The summed E-state index contributed by atoms with van der Waals surface area (Å²) >= 11 is 0. The van der Waals surface area contributed by atoms with Crippen LogP contribution in [0.15, 0.2) is 91.0 Å². The summed E-state index contributed by atoms with van der Waals surface area (Å²) in [4.78, 5) is 55.3. The summed E-state index contributed by atoms with van der Waals surface area (Å²) in [5.41, 5.74) is 6.52. The average molecular weight is 1010 g/mol. The molecule has 0 aliphatic carbocycles. The zero-order chi connectivity index (χ0) is 52.3. The topological polar surface area (TPSA) is 194 Å². The largest absolute Gasteiger partial charge is 0.493 e. The molecule has 0 saturated carbocycles. The standard InChI is InChI=1S/C55H67N5O13/c1-55(2,3)73-54(64)59(17-18-68-21-22-69-20-19-65-6)44-24-38(34-70-51-29-47(57-5)41(32-61)27-49(51)66-7)23-39(25-44)35-71-52-30-48-46(28-50(52)67-8)45-12-10-9-11-40(45)26-43(58-36-62)31-60(48)53(63)72-33-37-13-15-42(56-4)16-14-37/h9-16,23-25,27-30,32,36,43,56-57H,17-22,26,31,33-35H2,1-8H3,(H,58,62). The first kappa shape index (κ1) is 54.8. The van der Waals surface area contributed by atoms with Crippen molar-refractivity contribution in [2.24, 2.45) is 0 Å². The quantitative estimate of drug-likeness (QED) is 0.0371. The Labute approximate surface area is 427 Å². The van der Waals surface area contributed by atoms with Crippen LogP contribution in [0.4, 0.5) is 32.3 Å². The molecular formula is C55H67N5O13. The first-order valence-corrected chi connectivity index (χ1v) is 23.9. The van der Waals surface area contributed by atoms with E-state index in [9.17, 15) is 19.2 Å². The van der Waals surface area contributed by atoms with Crippen molar-refractivity contribution in [2.45, 2.75) is 58.7 Å². The molecule has 0 spiro atoms. The van der Waals surface area contributed by atoms with E-state index in [0.717, 1.165) is 28.7 Å². The van der Waals surface area contributed by atoms with E-state index in [1.165, 1.54) is 24.0 Å². The number of amides is 3. The van der Waals surface area contributed by atoms with Gasteiger partial charge in [-0.2, -0.15) is 0 Å². The van der Waals surface area contributed by atoms with Crippen LogP contribution in [0, 0.1) is 0 Å². The van der Waals surface area contributed by atoms with Crippen LogP contribution in [-0.2, 0) is 54.7 Å². The molecule has 1 unspecified atom stereocenters. The smallest absolute Gasteiger partial charge is 0.414 e. The molecule has 3 amide bonds. The lowest BCUT2D eigenvalue weighted by atomic mass is 9.91. The lowest BCUT2D eigenvalue weighted by Crippen LogP contribution is -2.46. The van der Waals surface area contributed by atoms with Gasteiger partial charge in [0, 0.05) is 68.1 Å². The number of carbonyl (C=O) groups is 4. The van der Waals surface area contributed by atoms with Crippen molar-refractivity contribution < 1.29 is 61.8 Å². The Morgan fingerprint density at radius 1 is 0.712 bits per heavy atom.